The summed E-state index contributed by atoms with van der Waals surface area (Å²) in [5.41, 5.74) is 1.66. The van der Waals surface area contributed by atoms with Crippen molar-refractivity contribution in [2.24, 2.45) is 0 Å². The lowest BCUT2D eigenvalue weighted by Crippen LogP contribution is -2.32. The Hall–Kier alpha value is -1.66. The number of oxazole rings is 1. The molecule has 1 amide bonds. The van der Waals surface area contributed by atoms with Gasteiger partial charge in [-0.25, -0.2) is 4.98 Å². The number of hydrogen-bond donors (Lipinski definition) is 2. The highest BCUT2D eigenvalue weighted by atomic mass is 32.1. The Balaban J connectivity index is 1.91. The molecule has 0 aliphatic carbocycles. The SMILES string of the molecule is CCNCCNC(=O)Cc1nc(-c2ccsc2)oc1C. The second-order valence-electron chi connectivity index (χ2n) is 4.41. The number of amides is 1. The molecule has 2 heterocycles. The van der Waals surface area contributed by atoms with Crippen LogP contribution < -0.4 is 10.6 Å². The van der Waals surface area contributed by atoms with Gasteiger partial charge in [0.2, 0.25) is 11.8 Å². The number of aryl methyl sites for hydroxylation is 1. The summed E-state index contributed by atoms with van der Waals surface area (Å²) in [6, 6.07) is 1.95. The van der Waals surface area contributed by atoms with Gasteiger partial charge in [0.15, 0.2) is 0 Å². The van der Waals surface area contributed by atoms with Gasteiger partial charge >= 0.3 is 0 Å². The van der Waals surface area contributed by atoms with Crippen LogP contribution in [0.4, 0.5) is 0 Å². The van der Waals surface area contributed by atoms with Gasteiger partial charge in [0.1, 0.15) is 5.76 Å². The highest BCUT2D eigenvalue weighted by molar-refractivity contribution is 7.08. The average molecular weight is 293 g/mol. The number of hydrogen-bond acceptors (Lipinski definition) is 5. The van der Waals surface area contributed by atoms with Crippen molar-refractivity contribution in [3.05, 3.63) is 28.3 Å². The summed E-state index contributed by atoms with van der Waals surface area (Å²) in [5.74, 6) is 1.25. The van der Waals surface area contributed by atoms with E-state index in [0.29, 0.717) is 23.9 Å². The van der Waals surface area contributed by atoms with Crippen molar-refractivity contribution in [1.29, 1.82) is 0 Å². The van der Waals surface area contributed by atoms with Crippen molar-refractivity contribution in [3.8, 4) is 11.5 Å². The highest BCUT2D eigenvalue weighted by Gasteiger charge is 2.14. The second-order valence-corrected chi connectivity index (χ2v) is 5.19. The summed E-state index contributed by atoms with van der Waals surface area (Å²) < 4.78 is 5.61. The third-order valence-electron chi connectivity index (χ3n) is 2.86. The second kappa shape index (κ2) is 7.21. The van der Waals surface area contributed by atoms with Gasteiger partial charge in [-0.2, -0.15) is 11.3 Å². The molecule has 2 aromatic rings. The number of carbonyl (C=O) groups excluding carboxylic acids is 1. The van der Waals surface area contributed by atoms with Crippen molar-refractivity contribution in [1.82, 2.24) is 15.6 Å². The minimum absolute atomic E-state index is 0.0313. The summed E-state index contributed by atoms with van der Waals surface area (Å²) in [7, 11) is 0. The number of thiophene rings is 1. The number of aromatic nitrogens is 1. The lowest BCUT2D eigenvalue weighted by Gasteiger charge is -2.04. The molecule has 0 saturated carbocycles. The Morgan fingerprint density at radius 3 is 3.00 bits per heavy atom. The van der Waals surface area contributed by atoms with Crippen molar-refractivity contribution >= 4 is 17.2 Å². The van der Waals surface area contributed by atoms with E-state index in [9.17, 15) is 4.79 Å². The molecule has 0 saturated heterocycles. The Morgan fingerprint density at radius 1 is 1.45 bits per heavy atom. The predicted molar refractivity (Wildman–Crippen MR) is 79.8 cm³/mol. The first-order chi connectivity index (χ1) is 9.70. The number of carbonyl (C=O) groups is 1. The zero-order valence-electron chi connectivity index (χ0n) is 11.7. The molecule has 2 aromatic heterocycles. The molecular weight excluding hydrogens is 274 g/mol. The standard InChI is InChI=1S/C14H19N3O2S/c1-3-15-5-6-16-13(18)8-12-10(2)19-14(17-12)11-4-7-20-9-11/h4,7,9,15H,3,5-6,8H2,1-2H3,(H,16,18). The molecule has 0 aliphatic heterocycles. The first-order valence-electron chi connectivity index (χ1n) is 6.67. The average Bonchev–Trinajstić information content (AvgIpc) is 3.05. The predicted octanol–water partition coefficient (Wildman–Crippen LogP) is 1.98. The molecule has 0 bridgehead atoms. The van der Waals surface area contributed by atoms with Crippen molar-refractivity contribution in [2.75, 3.05) is 19.6 Å². The molecule has 0 radical (unpaired) electrons. The normalized spacial score (nSPS) is 10.7. The first-order valence-corrected chi connectivity index (χ1v) is 7.61. The van der Waals surface area contributed by atoms with Crippen LogP contribution >= 0.6 is 11.3 Å². The molecule has 0 atom stereocenters. The highest BCUT2D eigenvalue weighted by Crippen LogP contribution is 2.23. The van der Waals surface area contributed by atoms with E-state index in [2.05, 4.69) is 15.6 Å². The Bertz CT molecular complexity index is 549. The monoisotopic (exact) mass is 293 g/mol. The van der Waals surface area contributed by atoms with Crippen molar-refractivity contribution < 1.29 is 9.21 Å². The minimum atomic E-state index is -0.0313. The van der Waals surface area contributed by atoms with E-state index in [4.69, 9.17) is 4.42 Å². The fourth-order valence-electron chi connectivity index (χ4n) is 1.78. The molecule has 20 heavy (non-hydrogen) atoms. The number of rotatable bonds is 7. The summed E-state index contributed by atoms with van der Waals surface area (Å²) in [6.07, 6.45) is 0.256. The maximum Gasteiger partial charge on any atom is 0.227 e. The lowest BCUT2D eigenvalue weighted by molar-refractivity contribution is -0.120. The minimum Gasteiger partial charge on any atom is -0.441 e. The van der Waals surface area contributed by atoms with E-state index in [1.807, 2.05) is 30.7 Å². The fourth-order valence-corrected chi connectivity index (χ4v) is 2.41. The molecule has 0 unspecified atom stereocenters. The molecule has 0 aliphatic rings. The van der Waals surface area contributed by atoms with E-state index in [1.54, 1.807) is 11.3 Å². The van der Waals surface area contributed by atoms with Gasteiger partial charge in [-0.3, -0.25) is 4.79 Å². The third-order valence-corrected chi connectivity index (χ3v) is 3.55. The summed E-state index contributed by atoms with van der Waals surface area (Å²) in [6.45, 7) is 6.18. The number of nitrogens with zero attached hydrogens (tertiary/aromatic N) is 1. The van der Waals surface area contributed by atoms with E-state index in [-0.39, 0.29) is 12.3 Å². The summed E-state index contributed by atoms with van der Waals surface area (Å²) in [4.78, 5) is 16.2. The number of likely N-dealkylation sites (N-methyl/N-ethyl adjacent to an activating group) is 1. The Labute approximate surface area is 122 Å². The molecule has 108 valence electrons. The maximum absolute atomic E-state index is 11.8. The molecule has 0 fully saturated rings. The zero-order valence-corrected chi connectivity index (χ0v) is 12.5. The molecule has 2 rings (SSSR count). The van der Waals surface area contributed by atoms with Crippen LogP contribution in [0, 0.1) is 6.92 Å². The topological polar surface area (TPSA) is 67.2 Å². The van der Waals surface area contributed by atoms with Gasteiger partial charge in [0, 0.05) is 24.0 Å². The summed E-state index contributed by atoms with van der Waals surface area (Å²) in [5, 5.41) is 9.96. The fraction of sp³-hybridized carbons (Fsp3) is 0.429. The van der Waals surface area contributed by atoms with Gasteiger partial charge < -0.3 is 15.1 Å². The maximum atomic E-state index is 11.8. The van der Waals surface area contributed by atoms with E-state index < -0.39 is 0 Å². The quantitative estimate of drug-likeness (QED) is 0.766. The molecule has 0 spiro atoms. The van der Waals surface area contributed by atoms with Crippen molar-refractivity contribution in [2.45, 2.75) is 20.3 Å². The first kappa shape index (κ1) is 14.7. The Morgan fingerprint density at radius 2 is 2.30 bits per heavy atom. The van der Waals surface area contributed by atoms with Crippen molar-refractivity contribution in [3.63, 3.8) is 0 Å². The van der Waals surface area contributed by atoms with Crippen LogP contribution in [0.2, 0.25) is 0 Å². The van der Waals surface area contributed by atoms with Gasteiger partial charge in [0.05, 0.1) is 12.1 Å². The van der Waals surface area contributed by atoms with Crippen LogP contribution in [0.15, 0.2) is 21.2 Å². The Kier molecular flexibility index (Phi) is 5.31. The molecule has 0 aromatic carbocycles. The van der Waals surface area contributed by atoms with E-state index >= 15 is 0 Å². The van der Waals surface area contributed by atoms with E-state index in [0.717, 1.165) is 18.7 Å². The molecular formula is C14H19N3O2S. The summed E-state index contributed by atoms with van der Waals surface area (Å²) >= 11 is 1.59. The van der Waals surface area contributed by atoms with Gasteiger partial charge in [-0.15, -0.1) is 0 Å². The van der Waals surface area contributed by atoms with Gasteiger partial charge in [0.25, 0.3) is 0 Å². The number of nitrogens with one attached hydrogen (secondary N) is 2. The van der Waals surface area contributed by atoms with E-state index in [1.165, 1.54) is 0 Å². The van der Waals surface area contributed by atoms with Crippen LogP contribution in [-0.2, 0) is 11.2 Å². The molecule has 2 N–H and O–H groups in total. The van der Waals surface area contributed by atoms with Crippen LogP contribution in [0.1, 0.15) is 18.4 Å². The lowest BCUT2D eigenvalue weighted by atomic mass is 10.2. The van der Waals surface area contributed by atoms with Gasteiger partial charge in [-0.1, -0.05) is 6.92 Å². The van der Waals surface area contributed by atoms with Crippen LogP contribution in [0.25, 0.3) is 11.5 Å². The smallest absolute Gasteiger partial charge is 0.227 e. The van der Waals surface area contributed by atoms with Crippen LogP contribution in [0.3, 0.4) is 0 Å². The molecule has 5 nitrogen and oxygen atoms in total. The zero-order chi connectivity index (χ0) is 14.4. The molecule has 6 heteroatoms. The van der Waals surface area contributed by atoms with Crippen LogP contribution in [-0.4, -0.2) is 30.5 Å². The van der Waals surface area contributed by atoms with Gasteiger partial charge in [-0.05, 0) is 24.9 Å². The van der Waals surface area contributed by atoms with Crippen LogP contribution in [0.5, 0.6) is 0 Å². The largest absolute Gasteiger partial charge is 0.441 e. The third kappa shape index (κ3) is 3.91.